The summed E-state index contributed by atoms with van der Waals surface area (Å²) >= 11 is 0. The Kier molecular flexibility index (Phi) is 6.92. The number of likely N-dealkylation sites (N-methyl/N-ethyl adjacent to an activating group) is 1. The first kappa shape index (κ1) is 18.9. The van der Waals surface area contributed by atoms with Gasteiger partial charge in [-0.3, -0.25) is 4.79 Å². The zero-order valence-electron chi connectivity index (χ0n) is 13.0. The molecule has 2 N–H and O–H groups in total. The van der Waals surface area contributed by atoms with E-state index in [0.717, 1.165) is 4.31 Å². The molecular formula is C15H20N2O5S. The van der Waals surface area contributed by atoms with Crippen LogP contribution >= 0.6 is 0 Å². The monoisotopic (exact) mass is 340 g/mol. The van der Waals surface area contributed by atoms with Gasteiger partial charge >= 0.3 is 5.97 Å². The Hall–Kier alpha value is -2.19. The van der Waals surface area contributed by atoms with Crippen LogP contribution in [0.1, 0.15) is 13.3 Å². The molecule has 1 unspecified atom stereocenters. The maximum absolute atomic E-state index is 12.3. The second kappa shape index (κ2) is 8.44. The molecule has 0 bridgehead atoms. The van der Waals surface area contributed by atoms with Crippen molar-refractivity contribution in [1.82, 2.24) is 9.62 Å². The molecule has 0 spiro atoms. The number of amides is 1. The molecule has 0 heterocycles. The van der Waals surface area contributed by atoms with Crippen LogP contribution in [0.4, 0.5) is 0 Å². The van der Waals surface area contributed by atoms with E-state index < -0.39 is 34.5 Å². The molecule has 0 aliphatic rings. The number of nitrogens with one attached hydrogen (secondary N) is 1. The number of rotatable bonds is 8. The molecule has 0 saturated heterocycles. The Morgan fingerprint density at radius 1 is 1.30 bits per heavy atom. The van der Waals surface area contributed by atoms with Gasteiger partial charge in [0.05, 0.1) is 11.4 Å². The van der Waals surface area contributed by atoms with E-state index >= 15 is 0 Å². The van der Waals surface area contributed by atoms with Crippen molar-refractivity contribution in [3.8, 4) is 0 Å². The lowest BCUT2D eigenvalue weighted by Gasteiger charge is -2.18. The van der Waals surface area contributed by atoms with Gasteiger partial charge in [0.1, 0.15) is 6.04 Å². The van der Waals surface area contributed by atoms with Crippen LogP contribution in [0.2, 0.25) is 0 Å². The van der Waals surface area contributed by atoms with Crippen LogP contribution in [0, 0.1) is 0 Å². The number of allylic oxidation sites excluding steroid dienone is 1. The number of hydrogen-bond donors (Lipinski definition) is 2. The minimum Gasteiger partial charge on any atom is -0.480 e. The molecule has 0 aliphatic heterocycles. The van der Waals surface area contributed by atoms with Gasteiger partial charge in [0.15, 0.2) is 0 Å². The number of sulfonamides is 1. The Morgan fingerprint density at radius 2 is 1.91 bits per heavy atom. The average Bonchev–Trinajstić information content (AvgIpc) is 2.51. The highest BCUT2D eigenvalue weighted by atomic mass is 32.2. The molecular weight excluding hydrogens is 320 g/mol. The number of aliphatic carboxylic acids is 1. The van der Waals surface area contributed by atoms with Crippen LogP contribution in [0.3, 0.4) is 0 Å². The maximum atomic E-state index is 12.3. The summed E-state index contributed by atoms with van der Waals surface area (Å²) in [5.74, 6) is -1.85. The van der Waals surface area contributed by atoms with E-state index in [2.05, 4.69) is 5.32 Å². The summed E-state index contributed by atoms with van der Waals surface area (Å²) < 4.78 is 25.4. The number of carbonyl (C=O) groups excluding carboxylic acids is 1. The first-order chi connectivity index (χ1) is 10.8. The fourth-order valence-electron chi connectivity index (χ4n) is 1.79. The van der Waals surface area contributed by atoms with E-state index in [-0.39, 0.29) is 11.3 Å². The van der Waals surface area contributed by atoms with Crippen LogP contribution in [-0.4, -0.2) is 49.3 Å². The predicted octanol–water partition coefficient (Wildman–Crippen LogP) is 0.843. The van der Waals surface area contributed by atoms with Crippen molar-refractivity contribution in [1.29, 1.82) is 0 Å². The third kappa shape index (κ3) is 5.50. The van der Waals surface area contributed by atoms with Crippen molar-refractivity contribution in [3.63, 3.8) is 0 Å². The van der Waals surface area contributed by atoms with E-state index in [9.17, 15) is 18.0 Å². The molecule has 0 saturated carbocycles. The molecule has 1 amide bonds. The molecule has 1 aromatic carbocycles. The van der Waals surface area contributed by atoms with Gasteiger partial charge in [0, 0.05) is 7.05 Å². The van der Waals surface area contributed by atoms with Gasteiger partial charge < -0.3 is 10.4 Å². The van der Waals surface area contributed by atoms with Crippen molar-refractivity contribution >= 4 is 21.9 Å². The first-order valence-corrected chi connectivity index (χ1v) is 8.37. The quantitative estimate of drug-likeness (QED) is 0.683. The number of benzene rings is 1. The molecule has 8 heteroatoms. The standard InChI is InChI=1S/C15H20N2O5S/c1-3-4-10-13(15(19)20)16-14(18)11-17(2)23(21,22)12-8-6-5-7-9-12/h3-9,13H,10-11H2,1-2H3,(H,16,18)(H,19,20)/b4-3+. The highest BCUT2D eigenvalue weighted by Crippen LogP contribution is 2.12. The molecule has 0 aliphatic carbocycles. The highest BCUT2D eigenvalue weighted by Gasteiger charge is 2.25. The van der Waals surface area contributed by atoms with Crippen LogP contribution in [0.15, 0.2) is 47.4 Å². The summed E-state index contributed by atoms with van der Waals surface area (Å²) in [4.78, 5) is 23.0. The van der Waals surface area contributed by atoms with Crippen molar-refractivity contribution < 1.29 is 23.1 Å². The third-order valence-electron chi connectivity index (χ3n) is 3.06. The van der Waals surface area contributed by atoms with Crippen LogP contribution in [0.5, 0.6) is 0 Å². The Morgan fingerprint density at radius 3 is 2.43 bits per heavy atom. The zero-order valence-corrected chi connectivity index (χ0v) is 13.8. The van der Waals surface area contributed by atoms with Crippen molar-refractivity contribution in [2.75, 3.05) is 13.6 Å². The van der Waals surface area contributed by atoms with E-state index in [1.165, 1.54) is 19.2 Å². The Labute approximate surface area is 135 Å². The fraction of sp³-hybridized carbons (Fsp3) is 0.333. The minimum absolute atomic E-state index is 0.0685. The summed E-state index contributed by atoms with van der Waals surface area (Å²) in [6, 6.07) is 6.61. The van der Waals surface area contributed by atoms with Gasteiger partial charge in [-0.25, -0.2) is 13.2 Å². The largest absolute Gasteiger partial charge is 0.480 e. The number of carbonyl (C=O) groups is 2. The summed E-state index contributed by atoms with van der Waals surface area (Å²) in [6.45, 7) is 1.28. The summed E-state index contributed by atoms with van der Waals surface area (Å²) in [5.41, 5.74) is 0. The zero-order chi connectivity index (χ0) is 17.5. The van der Waals surface area contributed by atoms with Gasteiger partial charge in [0.25, 0.3) is 0 Å². The topological polar surface area (TPSA) is 104 Å². The average molecular weight is 340 g/mol. The second-order valence-corrected chi connectivity index (χ2v) is 6.88. The molecule has 1 atom stereocenters. The van der Waals surface area contributed by atoms with Crippen molar-refractivity contribution in [2.24, 2.45) is 0 Å². The minimum atomic E-state index is -3.80. The van der Waals surface area contributed by atoms with Gasteiger partial charge in [-0.05, 0) is 25.5 Å². The summed E-state index contributed by atoms with van der Waals surface area (Å²) in [5, 5.41) is 11.4. The van der Waals surface area contributed by atoms with E-state index in [4.69, 9.17) is 5.11 Å². The van der Waals surface area contributed by atoms with E-state index in [1.807, 2.05) is 0 Å². The van der Waals surface area contributed by atoms with Gasteiger partial charge in [-0.15, -0.1) is 0 Å². The second-order valence-electron chi connectivity index (χ2n) is 4.84. The highest BCUT2D eigenvalue weighted by molar-refractivity contribution is 7.89. The van der Waals surface area contributed by atoms with E-state index in [0.29, 0.717) is 0 Å². The van der Waals surface area contributed by atoms with Crippen molar-refractivity contribution in [3.05, 3.63) is 42.5 Å². The van der Waals surface area contributed by atoms with Crippen LogP contribution < -0.4 is 5.32 Å². The van der Waals surface area contributed by atoms with Crippen molar-refractivity contribution in [2.45, 2.75) is 24.3 Å². The summed E-state index contributed by atoms with van der Waals surface area (Å²) in [7, 11) is -2.53. The van der Waals surface area contributed by atoms with E-state index in [1.54, 1.807) is 37.3 Å². The van der Waals surface area contributed by atoms with Crippen LogP contribution in [0.25, 0.3) is 0 Å². The normalized spacial score (nSPS) is 13.2. The van der Waals surface area contributed by atoms with Gasteiger partial charge in [0.2, 0.25) is 15.9 Å². The first-order valence-electron chi connectivity index (χ1n) is 6.93. The number of carboxylic acids is 1. The lowest BCUT2D eigenvalue weighted by atomic mass is 10.2. The smallest absolute Gasteiger partial charge is 0.326 e. The molecule has 7 nitrogen and oxygen atoms in total. The molecule has 0 aromatic heterocycles. The molecule has 0 radical (unpaired) electrons. The molecule has 1 aromatic rings. The van der Waals surface area contributed by atoms with Gasteiger partial charge in [-0.1, -0.05) is 30.4 Å². The predicted molar refractivity (Wildman–Crippen MR) is 85.3 cm³/mol. The van der Waals surface area contributed by atoms with Crippen LogP contribution in [-0.2, 0) is 19.6 Å². The molecule has 126 valence electrons. The SMILES string of the molecule is C/C=C/CC(NC(=O)CN(C)S(=O)(=O)c1ccccc1)C(=O)O. The molecule has 23 heavy (non-hydrogen) atoms. The Bertz CT molecular complexity index is 670. The van der Waals surface area contributed by atoms with Gasteiger partial charge in [-0.2, -0.15) is 4.31 Å². The molecule has 1 rings (SSSR count). The number of nitrogens with zero attached hydrogens (tertiary/aromatic N) is 1. The summed E-state index contributed by atoms with van der Waals surface area (Å²) in [6.07, 6.45) is 3.42. The molecule has 0 fully saturated rings. The Balaban J connectivity index is 2.74. The number of carboxylic acid groups (broad SMARTS) is 1. The number of hydrogen-bond acceptors (Lipinski definition) is 4. The third-order valence-corrected chi connectivity index (χ3v) is 4.88. The fourth-order valence-corrected chi connectivity index (χ4v) is 2.94. The lowest BCUT2D eigenvalue weighted by Crippen LogP contribution is -2.45. The lowest BCUT2D eigenvalue weighted by molar-refractivity contribution is -0.141. The maximum Gasteiger partial charge on any atom is 0.326 e.